The van der Waals surface area contributed by atoms with Crippen LogP contribution in [0.1, 0.15) is 5.69 Å². The van der Waals surface area contributed by atoms with Crippen molar-refractivity contribution in [3.8, 4) is 11.3 Å². The maximum Gasteiger partial charge on any atom is 0.431 e. The molecule has 1 heterocycles. The van der Waals surface area contributed by atoms with Gasteiger partial charge in [0.15, 0.2) is 0 Å². The fourth-order valence-electron chi connectivity index (χ4n) is 2.26. The summed E-state index contributed by atoms with van der Waals surface area (Å²) in [6.07, 6.45) is -4.52. The second-order valence-electron chi connectivity index (χ2n) is 5.28. The van der Waals surface area contributed by atoms with Gasteiger partial charge in [0, 0.05) is 26.9 Å². The normalized spacial score (nSPS) is 11.5. The molecular weight excluding hydrogens is 389 g/mol. The molecule has 0 aliphatic rings. The van der Waals surface area contributed by atoms with E-state index in [-0.39, 0.29) is 5.69 Å². The molecule has 2 aromatic carbocycles. The molecule has 0 saturated heterocycles. The number of hydrogen-bond acceptors (Lipinski definition) is 3. The zero-order chi connectivity index (χ0) is 18.9. The number of alkyl halides is 3. The minimum Gasteiger partial charge on any atom is -0.350 e. The average Bonchev–Trinajstić information content (AvgIpc) is 3.00. The van der Waals surface area contributed by atoms with Crippen LogP contribution in [0.5, 0.6) is 0 Å². The molecule has 0 aliphatic heterocycles. The third-order valence-corrected chi connectivity index (χ3v) is 4.80. The molecular formula is C17H10ClF3N2O2S. The molecule has 4 nitrogen and oxygen atoms in total. The van der Waals surface area contributed by atoms with Crippen molar-refractivity contribution in [1.82, 2.24) is 4.98 Å². The van der Waals surface area contributed by atoms with Crippen LogP contribution in [0.15, 0.2) is 64.4 Å². The largest absolute Gasteiger partial charge is 0.431 e. The van der Waals surface area contributed by atoms with Gasteiger partial charge < -0.3 is 4.98 Å². The van der Waals surface area contributed by atoms with Gasteiger partial charge >= 0.3 is 6.18 Å². The minimum atomic E-state index is -4.52. The summed E-state index contributed by atoms with van der Waals surface area (Å²) in [5.74, 6) is 0. The van der Waals surface area contributed by atoms with E-state index in [0.29, 0.717) is 26.1 Å². The second-order valence-corrected chi connectivity index (χ2v) is 6.83. The van der Waals surface area contributed by atoms with Gasteiger partial charge in [-0.25, -0.2) is 0 Å². The molecule has 3 aromatic rings. The molecule has 9 heteroatoms. The topological polar surface area (TPSA) is 58.9 Å². The maximum absolute atomic E-state index is 13.1. The van der Waals surface area contributed by atoms with E-state index in [1.807, 2.05) is 0 Å². The first kappa shape index (κ1) is 18.3. The first-order valence-electron chi connectivity index (χ1n) is 7.22. The Labute approximate surface area is 155 Å². The second kappa shape index (κ2) is 7.05. The van der Waals surface area contributed by atoms with Crippen molar-refractivity contribution in [2.45, 2.75) is 16.0 Å². The summed E-state index contributed by atoms with van der Waals surface area (Å²) in [4.78, 5) is 13.5. The fourth-order valence-corrected chi connectivity index (χ4v) is 3.36. The van der Waals surface area contributed by atoms with Crippen LogP contribution >= 0.6 is 23.4 Å². The third-order valence-electron chi connectivity index (χ3n) is 3.50. The molecule has 0 radical (unpaired) electrons. The summed E-state index contributed by atoms with van der Waals surface area (Å²) in [5, 5.41) is 11.2. The van der Waals surface area contributed by atoms with Crippen molar-refractivity contribution >= 4 is 29.1 Å². The van der Waals surface area contributed by atoms with Crippen LogP contribution in [0.3, 0.4) is 0 Å². The SMILES string of the molecule is O=[N+]([O-])c1ccc(Sc2cc(C(F)(F)F)[nH]c2-c2ccc(Cl)cc2)cc1. The molecule has 0 saturated carbocycles. The van der Waals surface area contributed by atoms with Crippen LogP contribution in [0.4, 0.5) is 18.9 Å². The number of H-pyrrole nitrogens is 1. The number of non-ortho nitro benzene ring substituents is 1. The van der Waals surface area contributed by atoms with Crippen molar-refractivity contribution in [1.29, 1.82) is 0 Å². The Bertz CT molecular complexity index is 938. The highest BCUT2D eigenvalue weighted by Crippen LogP contribution is 2.41. The molecule has 0 fully saturated rings. The molecule has 1 N–H and O–H groups in total. The van der Waals surface area contributed by atoms with Gasteiger partial charge in [-0.1, -0.05) is 35.5 Å². The number of hydrogen-bond donors (Lipinski definition) is 1. The lowest BCUT2D eigenvalue weighted by molar-refractivity contribution is -0.384. The summed E-state index contributed by atoms with van der Waals surface area (Å²) in [6, 6.07) is 13.0. The predicted octanol–water partition coefficient (Wildman–Crippen LogP) is 6.41. The van der Waals surface area contributed by atoms with E-state index < -0.39 is 16.8 Å². The van der Waals surface area contributed by atoms with Gasteiger partial charge in [0.2, 0.25) is 0 Å². The number of benzene rings is 2. The Kier molecular flexibility index (Phi) is 4.97. The van der Waals surface area contributed by atoms with Crippen LogP contribution in [-0.4, -0.2) is 9.91 Å². The number of nitrogens with zero attached hydrogens (tertiary/aromatic N) is 1. The highest BCUT2D eigenvalue weighted by Gasteiger charge is 2.34. The molecule has 0 aliphatic carbocycles. The lowest BCUT2D eigenvalue weighted by atomic mass is 10.2. The summed E-state index contributed by atoms with van der Waals surface area (Å²) >= 11 is 6.92. The standard InChI is InChI=1S/C17H10ClF3N2O2S/c18-11-3-1-10(2-4-11)16-14(9-15(22-16)17(19,20)21)26-13-7-5-12(6-8-13)23(24)25/h1-9,22H. The quantitative estimate of drug-likeness (QED) is 0.408. The van der Waals surface area contributed by atoms with Crippen molar-refractivity contribution in [3.63, 3.8) is 0 Å². The highest BCUT2D eigenvalue weighted by atomic mass is 35.5. The Morgan fingerprint density at radius 1 is 1.04 bits per heavy atom. The van der Waals surface area contributed by atoms with Crippen LogP contribution in [0.2, 0.25) is 5.02 Å². The van der Waals surface area contributed by atoms with E-state index >= 15 is 0 Å². The Morgan fingerprint density at radius 2 is 1.65 bits per heavy atom. The van der Waals surface area contributed by atoms with Crippen LogP contribution < -0.4 is 0 Å². The van der Waals surface area contributed by atoms with E-state index in [1.165, 1.54) is 24.3 Å². The highest BCUT2D eigenvalue weighted by molar-refractivity contribution is 7.99. The van der Waals surface area contributed by atoms with Crippen molar-refractivity contribution in [2.24, 2.45) is 0 Å². The van der Waals surface area contributed by atoms with Crippen molar-refractivity contribution in [3.05, 3.63) is 75.4 Å². The molecule has 26 heavy (non-hydrogen) atoms. The minimum absolute atomic E-state index is 0.0858. The van der Waals surface area contributed by atoms with Gasteiger partial charge in [-0.05, 0) is 35.9 Å². The van der Waals surface area contributed by atoms with Crippen molar-refractivity contribution in [2.75, 3.05) is 0 Å². The van der Waals surface area contributed by atoms with Gasteiger partial charge in [0.1, 0.15) is 5.69 Å². The molecule has 0 amide bonds. The molecule has 0 atom stereocenters. The van der Waals surface area contributed by atoms with E-state index in [0.717, 1.165) is 17.8 Å². The van der Waals surface area contributed by atoms with Gasteiger partial charge in [-0.3, -0.25) is 10.1 Å². The number of aromatic amines is 1. The van der Waals surface area contributed by atoms with E-state index in [9.17, 15) is 23.3 Å². The molecule has 0 spiro atoms. The number of nitro benzene ring substituents is 1. The zero-order valence-electron chi connectivity index (χ0n) is 12.9. The Hall–Kier alpha value is -2.45. The van der Waals surface area contributed by atoms with Gasteiger partial charge in [-0.2, -0.15) is 13.2 Å². The van der Waals surface area contributed by atoms with Gasteiger partial charge in [0.25, 0.3) is 5.69 Å². The summed E-state index contributed by atoms with van der Waals surface area (Å²) in [7, 11) is 0. The van der Waals surface area contributed by atoms with E-state index in [2.05, 4.69) is 4.98 Å². The van der Waals surface area contributed by atoms with Gasteiger partial charge in [-0.15, -0.1) is 0 Å². The monoisotopic (exact) mass is 398 g/mol. The maximum atomic E-state index is 13.1. The van der Waals surface area contributed by atoms with Crippen LogP contribution in [0, 0.1) is 10.1 Å². The summed E-state index contributed by atoms with van der Waals surface area (Å²) in [6.45, 7) is 0. The lowest BCUT2D eigenvalue weighted by Gasteiger charge is -2.05. The number of halogens is 4. The number of nitro groups is 1. The number of aromatic nitrogens is 1. The first-order valence-corrected chi connectivity index (χ1v) is 8.42. The van der Waals surface area contributed by atoms with E-state index in [1.54, 1.807) is 24.3 Å². The average molecular weight is 399 g/mol. The van der Waals surface area contributed by atoms with Crippen LogP contribution in [-0.2, 0) is 6.18 Å². The molecule has 134 valence electrons. The van der Waals surface area contributed by atoms with Crippen molar-refractivity contribution < 1.29 is 18.1 Å². The van der Waals surface area contributed by atoms with Crippen LogP contribution in [0.25, 0.3) is 11.3 Å². The fraction of sp³-hybridized carbons (Fsp3) is 0.0588. The third kappa shape index (κ3) is 4.03. The first-order chi connectivity index (χ1) is 12.2. The molecule has 1 aromatic heterocycles. The number of rotatable bonds is 4. The Morgan fingerprint density at radius 3 is 2.19 bits per heavy atom. The van der Waals surface area contributed by atoms with Gasteiger partial charge in [0.05, 0.1) is 10.6 Å². The smallest absolute Gasteiger partial charge is 0.350 e. The Balaban J connectivity index is 2.00. The number of nitrogens with one attached hydrogen (secondary N) is 1. The summed E-state index contributed by atoms with van der Waals surface area (Å²) < 4.78 is 39.3. The predicted molar refractivity (Wildman–Crippen MR) is 93.5 cm³/mol. The lowest BCUT2D eigenvalue weighted by Crippen LogP contribution is -2.04. The zero-order valence-corrected chi connectivity index (χ0v) is 14.5. The van der Waals surface area contributed by atoms with E-state index in [4.69, 9.17) is 11.6 Å². The molecule has 0 bridgehead atoms. The summed E-state index contributed by atoms with van der Waals surface area (Å²) in [5.41, 5.74) is -0.101. The molecule has 3 rings (SSSR count). The molecule has 0 unspecified atom stereocenters.